The zero-order valence-electron chi connectivity index (χ0n) is 12.5. The molecule has 0 spiro atoms. The summed E-state index contributed by atoms with van der Waals surface area (Å²) < 4.78 is 7.45. The van der Waals surface area contributed by atoms with Crippen molar-refractivity contribution in [3.63, 3.8) is 0 Å². The van der Waals surface area contributed by atoms with Gasteiger partial charge in [0.15, 0.2) is 5.69 Å². The number of carbonyl (C=O) groups is 1. The fourth-order valence-corrected chi connectivity index (χ4v) is 2.70. The maximum absolute atomic E-state index is 11.1. The first-order chi connectivity index (χ1) is 10.5. The molecule has 1 aliphatic carbocycles. The molecule has 0 unspecified atom stereocenters. The first-order valence-electron chi connectivity index (χ1n) is 7.16. The topological polar surface area (TPSA) is 64.3 Å². The van der Waals surface area contributed by atoms with Crippen LogP contribution in [0.1, 0.15) is 28.9 Å². The van der Waals surface area contributed by atoms with E-state index in [1.165, 1.54) is 18.9 Å². The van der Waals surface area contributed by atoms with Crippen LogP contribution in [0.2, 0.25) is 5.02 Å². The van der Waals surface area contributed by atoms with Crippen LogP contribution >= 0.6 is 11.6 Å². The molecule has 2 aromatic rings. The van der Waals surface area contributed by atoms with Crippen LogP contribution in [-0.2, 0) is 7.05 Å². The molecule has 22 heavy (non-hydrogen) atoms. The van der Waals surface area contributed by atoms with Crippen molar-refractivity contribution in [2.45, 2.75) is 19.8 Å². The van der Waals surface area contributed by atoms with Crippen molar-refractivity contribution in [1.82, 2.24) is 9.78 Å². The van der Waals surface area contributed by atoms with Gasteiger partial charge >= 0.3 is 5.97 Å². The monoisotopic (exact) mass is 320 g/mol. The Kier molecular flexibility index (Phi) is 3.83. The van der Waals surface area contributed by atoms with Gasteiger partial charge in [-0.1, -0.05) is 11.6 Å². The molecule has 0 atom stereocenters. The Labute approximate surface area is 133 Å². The molecule has 1 saturated carbocycles. The second-order valence-corrected chi connectivity index (χ2v) is 6.13. The highest BCUT2D eigenvalue weighted by molar-refractivity contribution is 6.32. The van der Waals surface area contributed by atoms with E-state index >= 15 is 0 Å². The van der Waals surface area contributed by atoms with Crippen molar-refractivity contribution in [1.29, 1.82) is 0 Å². The van der Waals surface area contributed by atoms with Gasteiger partial charge in [0.05, 0.1) is 17.3 Å². The van der Waals surface area contributed by atoms with Crippen LogP contribution in [0.4, 0.5) is 0 Å². The third kappa shape index (κ3) is 2.95. The fourth-order valence-electron chi connectivity index (χ4n) is 2.38. The predicted molar refractivity (Wildman–Crippen MR) is 83.6 cm³/mol. The number of hydrogen-bond donors (Lipinski definition) is 1. The summed E-state index contributed by atoms with van der Waals surface area (Å²) in [5.41, 5.74) is 2.43. The maximum Gasteiger partial charge on any atom is 0.356 e. The molecule has 0 amide bonds. The van der Waals surface area contributed by atoms with Gasteiger partial charge in [0.1, 0.15) is 5.75 Å². The van der Waals surface area contributed by atoms with E-state index in [1.54, 1.807) is 11.7 Å². The number of aromatic nitrogens is 2. The van der Waals surface area contributed by atoms with Gasteiger partial charge in [-0.3, -0.25) is 4.68 Å². The van der Waals surface area contributed by atoms with Gasteiger partial charge in [-0.05, 0) is 49.4 Å². The molecule has 116 valence electrons. The summed E-state index contributed by atoms with van der Waals surface area (Å²) in [7, 11) is 1.71. The lowest BCUT2D eigenvalue weighted by atomic mass is 10.1. The lowest BCUT2D eigenvalue weighted by Gasteiger charge is -2.14. The van der Waals surface area contributed by atoms with E-state index in [2.05, 4.69) is 5.10 Å². The normalized spacial score (nSPS) is 14.1. The van der Waals surface area contributed by atoms with Gasteiger partial charge < -0.3 is 9.84 Å². The van der Waals surface area contributed by atoms with Crippen molar-refractivity contribution < 1.29 is 14.6 Å². The summed E-state index contributed by atoms with van der Waals surface area (Å²) in [6.07, 6.45) is 2.38. The van der Waals surface area contributed by atoms with E-state index in [4.69, 9.17) is 21.4 Å². The second-order valence-electron chi connectivity index (χ2n) is 5.72. The largest absolute Gasteiger partial charge is 0.491 e. The molecule has 5 nitrogen and oxygen atoms in total. The Balaban J connectivity index is 2.05. The summed E-state index contributed by atoms with van der Waals surface area (Å²) in [4.78, 5) is 11.1. The molecule has 0 saturated heterocycles. The van der Waals surface area contributed by atoms with E-state index < -0.39 is 5.97 Å². The Hall–Kier alpha value is -2.01. The SMILES string of the molecule is Cc1cc(Cl)c(OCC2CC2)c(-c2cc(C(=O)O)nn2C)c1. The van der Waals surface area contributed by atoms with Crippen LogP contribution in [0.25, 0.3) is 11.3 Å². The number of halogens is 1. The summed E-state index contributed by atoms with van der Waals surface area (Å²) in [6, 6.07) is 5.33. The molecule has 0 radical (unpaired) electrons. The van der Waals surface area contributed by atoms with Crippen LogP contribution in [0.3, 0.4) is 0 Å². The summed E-state index contributed by atoms with van der Waals surface area (Å²) >= 11 is 6.34. The average Bonchev–Trinajstić information content (AvgIpc) is 3.18. The zero-order chi connectivity index (χ0) is 15.9. The minimum atomic E-state index is -1.05. The van der Waals surface area contributed by atoms with E-state index in [-0.39, 0.29) is 5.69 Å². The van der Waals surface area contributed by atoms with Gasteiger partial charge in [-0.25, -0.2) is 4.79 Å². The zero-order valence-corrected chi connectivity index (χ0v) is 13.2. The lowest BCUT2D eigenvalue weighted by molar-refractivity contribution is 0.0689. The Morgan fingerprint density at radius 3 is 2.77 bits per heavy atom. The number of benzene rings is 1. The third-order valence-electron chi connectivity index (χ3n) is 3.72. The second kappa shape index (κ2) is 5.65. The first-order valence-corrected chi connectivity index (χ1v) is 7.54. The van der Waals surface area contributed by atoms with Gasteiger partial charge in [-0.15, -0.1) is 0 Å². The standard InChI is InChI=1S/C16H17ClN2O3/c1-9-5-11(14-7-13(16(20)21)18-19(14)2)15(12(17)6-9)22-8-10-3-4-10/h5-7,10H,3-4,8H2,1-2H3,(H,20,21). The number of aromatic carboxylic acids is 1. The van der Waals surface area contributed by atoms with E-state index in [9.17, 15) is 4.79 Å². The number of nitrogens with zero attached hydrogens (tertiary/aromatic N) is 2. The Morgan fingerprint density at radius 2 is 2.18 bits per heavy atom. The lowest BCUT2D eigenvalue weighted by Crippen LogP contribution is -2.03. The molecule has 0 bridgehead atoms. The number of hydrogen-bond acceptors (Lipinski definition) is 3. The van der Waals surface area contributed by atoms with Crippen molar-refractivity contribution >= 4 is 17.6 Å². The van der Waals surface area contributed by atoms with E-state index in [0.717, 1.165) is 11.1 Å². The van der Waals surface area contributed by atoms with Crippen LogP contribution < -0.4 is 4.74 Å². The molecule has 0 aliphatic heterocycles. The molecule has 1 aromatic carbocycles. The number of carboxylic acid groups (broad SMARTS) is 1. The van der Waals surface area contributed by atoms with Gasteiger partial charge in [0, 0.05) is 12.6 Å². The van der Waals surface area contributed by atoms with Gasteiger partial charge in [-0.2, -0.15) is 5.10 Å². The molecule has 6 heteroatoms. The molecular weight excluding hydrogens is 304 g/mol. The average molecular weight is 321 g/mol. The van der Waals surface area contributed by atoms with Gasteiger partial charge in [0.25, 0.3) is 0 Å². The van der Waals surface area contributed by atoms with E-state index in [1.807, 2.05) is 19.1 Å². The van der Waals surface area contributed by atoms with Crippen LogP contribution in [0.15, 0.2) is 18.2 Å². The summed E-state index contributed by atoms with van der Waals surface area (Å²) in [5, 5.41) is 13.6. The minimum absolute atomic E-state index is 0.00303. The number of ether oxygens (including phenoxy) is 1. The molecule has 1 aliphatic rings. The van der Waals surface area contributed by atoms with Crippen molar-refractivity contribution in [2.24, 2.45) is 13.0 Å². The minimum Gasteiger partial charge on any atom is -0.491 e. The van der Waals surface area contributed by atoms with Crippen molar-refractivity contribution in [2.75, 3.05) is 6.61 Å². The summed E-state index contributed by atoms with van der Waals surface area (Å²) in [5.74, 6) is 0.145. The highest BCUT2D eigenvalue weighted by Crippen LogP contribution is 2.39. The van der Waals surface area contributed by atoms with Gasteiger partial charge in [0.2, 0.25) is 0 Å². The van der Waals surface area contributed by atoms with Crippen LogP contribution in [0, 0.1) is 12.8 Å². The number of carboxylic acids is 1. The Bertz CT molecular complexity index is 735. The predicted octanol–water partition coefficient (Wildman–Crippen LogP) is 3.54. The third-order valence-corrected chi connectivity index (χ3v) is 4.00. The Morgan fingerprint density at radius 1 is 1.45 bits per heavy atom. The summed E-state index contributed by atoms with van der Waals surface area (Å²) in [6.45, 7) is 2.58. The molecule has 1 aromatic heterocycles. The quantitative estimate of drug-likeness (QED) is 0.915. The molecule has 1 heterocycles. The van der Waals surface area contributed by atoms with Crippen molar-refractivity contribution in [3.05, 3.63) is 34.5 Å². The van der Waals surface area contributed by atoms with Crippen LogP contribution in [0.5, 0.6) is 5.75 Å². The molecule has 1 fully saturated rings. The molecular formula is C16H17ClN2O3. The molecule has 3 rings (SSSR count). The smallest absolute Gasteiger partial charge is 0.356 e. The van der Waals surface area contributed by atoms with Crippen LogP contribution in [-0.4, -0.2) is 27.5 Å². The highest BCUT2D eigenvalue weighted by atomic mass is 35.5. The highest BCUT2D eigenvalue weighted by Gasteiger charge is 2.24. The van der Waals surface area contributed by atoms with E-state index in [0.29, 0.717) is 29.0 Å². The van der Waals surface area contributed by atoms with Crippen molar-refractivity contribution in [3.8, 4) is 17.0 Å². The molecule has 1 N–H and O–H groups in total. The first kappa shape index (κ1) is 14.9. The fraction of sp³-hybridized carbons (Fsp3) is 0.375. The number of rotatable bonds is 5. The number of aryl methyl sites for hydroxylation is 2. The maximum atomic E-state index is 11.1.